The van der Waals surface area contributed by atoms with Gasteiger partial charge in [-0.2, -0.15) is 0 Å². The second-order valence-electron chi connectivity index (χ2n) is 6.83. The van der Waals surface area contributed by atoms with E-state index in [9.17, 15) is 24.3 Å². The lowest BCUT2D eigenvalue weighted by molar-refractivity contribution is -0.179. The third-order valence-electron chi connectivity index (χ3n) is 4.00. The molecule has 8 nitrogen and oxygen atoms in total. The Morgan fingerprint density at radius 2 is 1.29 bits per heavy atom. The fourth-order valence-electron chi connectivity index (χ4n) is 2.44. The van der Waals surface area contributed by atoms with Gasteiger partial charge < -0.3 is 19.3 Å². The molecular formula is C20H34O8. The number of unbranched alkanes of at least 4 members (excludes halogenated alkanes) is 6. The Hall–Kier alpha value is -1.96. The van der Waals surface area contributed by atoms with Gasteiger partial charge in [0.15, 0.2) is 5.60 Å². The van der Waals surface area contributed by atoms with Crippen molar-refractivity contribution in [1.29, 1.82) is 0 Å². The predicted molar refractivity (Wildman–Crippen MR) is 101 cm³/mol. The van der Waals surface area contributed by atoms with Crippen LogP contribution in [0.5, 0.6) is 0 Å². The molecule has 1 unspecified atom stereocenters. The van der Waals surface area contributed by atoms with Crippen molar-refractivity contribution < 1.29 is 38.5 Å². The van der Waals surface area contributed by atoms with Gasteiger partial charge >= 0.3 is 23.9 Å². The molecule has 0 heterocycles. The summed E-state index contributed by atoms with van der Waals surface area (Å²) in [6.45, 7) is 5.28. The minimum Gasteiger partial charge on any atom is -0.466 e. The van der Waals surface area contributed by atoms with Crippen LogP contribution in [0.15, 0.2) is 0 Å². The molecule has 0 bridgehead atoms. The van der Waals surface area contributed by atoms with Gasteiger partial charge in [-0.05, 0) is 12.8 Å². The van der Waals surface area contributed by atoms with Gasteiger partial charge in [0.05, 0.1) is 26.1 Å². The van der Waals surface area contributed by atoms with Crippen molar-refractivity contribution in [1.82, 2.24) is 0 Å². The molecule has 0 amide bonds. The highest BCUT2D eigenvalue weighted by Crippen LogP contribution is 2.20. The minimum atomic E-state index is -2.43. The van der Waals surface area contributed by atoms with Gasteiger partial charge in [0.25, 0.3) is 0 Å². The summed E-state index contributed by atoms with van der Waals surface area (Å²) in [7, 11) is 0. The lowest BCUT2D eigenvalue weighted by Crippen LogP contribution is -2.45. The lowest BCUT2D eigenvalue weighted by Gasteiger charge is -2.24. The number of hydrogen-bond donors (Lipinski definition) is 1. The first-order valence-corrected chi connectivity index (χ1v) is 10.0. The van der Waals surface area contributed by atoms with E-state index in [4.69, 9.17) is 9.47 Å². The Bertz CT molecular complexity index is 502. The summed E-state index contributed by atoms with van der Waals surface area (Å²) in [5.41, 5.74) is -2.43. The second-order valence-corrected chi connectivity index (χ2v) is 6.83. The van der Waals surface area contributed by atoms with Crippen LogP contribution in [0.4, 0.5) is 0 Å². The average Bonchev–Trinajstić information content (AvgIpc) is 2.59. The van der Waals surface area contributed by atoms with E-state index in [1.807, 2.05) is 6.92 Å². The SMILES string of the molecule is CCCCCCCCOC(=O)C(O)(CC(=O)OCCCC)CC(=O)OC(C)=O. The topological polar surface area (TPSA) is 116 Å². The van der Waals surface area contributed by atoms with Gasteiger partial charge in [0.1, 0.15) is 0 Å². The first kappa shape index (κ1) is 26.0. The van der Waals surface area contributed by atoms with E-state index >= 15 is 0 Å². The van der Waals surface area contributed by atoms with E-state index in [-0.39, 0.29) is 13.2 Å². The number of rotatable bonds is 15. The molecular weight excluding hydrogens is 368 g/mol. The predicted octanol–water partition coefficient (Wildman–Crippen LogP) is 2.83. The monoisotopic (exact) mass is 402 g/mol. The molecule has 0 aliphatic rings. The second kappa shape index (κ2) is 15.0. The number of aliphatic hydroxyl groups is 1. The van der Waals surface area contributed by atoms with Crippen molar-refractivity contribution in [2.75, 3.05) is 13.2 Å². The van der Waals surface area contributed by atoms with E-state index in [2.05, 4.69) is 11.7 Å². The van der Waals surface area contributed by atoms with Crippen molar-refractivity contribution >= 4 is 23.9 Å². The van der Waals surface area contributed by atoms with Crippen molar-refractivity contribution in [3.05, 3.63) is 0 Å². The highest BCUT2D eigenvalue weighted by Gasteiger charge is 2.43. The molecule has 0 aromatic rings. The molecule has 1 N–H and O–H groups in total. The first-order chi connectivity index (χ1) is 13.2. The van der Waals surface area contributed by atoms with Crippen LogP contribution in [0.1, 0.15) is 85.0 Å². The van der Waals surface area contributed by atoms with Crippen molar-refractivity contribution in [3.8, 4) is 0 Å². The molecule has 0 spiro atoms. The summed E-state index contributed by atoms with van der Waals surface area (Å²) in [6, 6.07) is 0. The molecule has 162 valence electrons. The Morgan fingerprint density at radius 3 is 1.89 bits per heavy atom. The average molecular weight is 402 g/mol. The Labute approximate surface area is 166 Å². The van der Waals surface area contributed by atoms with Gasteiger partial charge in [-0.3, -0.25) is 14.4 Å². The van der Waals surface area contributed by atoms with E-state index in [0.29, 0.717) is 12.8 Å². The standard InChI is InChI=1S/C20H34O8/c1-4-6-8-9-10-11-13-27-19(24)20(25,15-18(23)28-16(3)21)14-17(22)26-12-7-5-2/h25H,4-15H2,1-3H3. The molecule has 0 rings (SSSR count). The van der Waals surface area contributed by atoms with Gasteiger partial charge in [-0.15, -0.1) is 0 Å². The van der Waals surface area contributed by atoms with Crippen LogP contribution in [0.2, 0.25) is 0 Å². The summed E-state index contributed by atoms with van der Waals surface area (Å²) in [6.07, 6.45) is 5.72. The summed E-state index contributed by atoms with van der Waals surface area (Å²) in [4.78, 5) is 46.8. The molecule has 0 saturated carbocycles. The fraction of sp³-hybridized carbons (Fsp3) is 0.800. The first-order valence-electron chi connectivity index (χ1n) is 10.0. The molecule has 0 aliphatic heterocycles. The highest BCUT2D eigenvalue weighted by atomic mass is 16.6. The summed E-state index contributed by atoms with van der Waals surface area (Å²) >= 11 is 0. The smallest absolute Gasteiger partial charge is 0.339 e. The quantitative estimate of drug-likeness (QED) is 0.192. The normalized spacial score (nSPS) is 12.7. The largest absolute Gasteiger partial charge is 0.466 e. The van der Waals surface area contributed by atoms with Crippen LogP contribution in [0.25, 0.3) is 0 Å². The van der Waals surface area contributed by atoms with Gasteiger partial charge in [0.2, 0.25) is 0 Å². The maximum absolute atomic E-state index is 12.3. The van der Waals surface area contributed by atoms with Gasteiger partial charge in [0, 0.05) is 6.92 Å². The third kappa shape index (κ3) is 12.4. The van der Waals surface area contributed by atoms with Crippen molar-refractivity contribution in [2.45, 2.75) is 90.6 Å². The van der Waals surface area contributed by atoms with Crippen LogP contribution in [0.3, 0.4) is 0 Å². The molecule has 0 aliphatic carbocycles. The molecule has 28 heavy (non-hydrogen) atoms. The summed E-state index contributed by atoms with van der Waals surface area (Å²) < 4.78 is 14.4. The molecule has 0 radical (unpaired) electrons. The minimum absolute atomic E-state index is 0.0694. The Morgan fingerprint density at radius 1 is 0.750 bits per heavy atom. The number of hydrogen-bond acceptors (Lipinski definition) is 8. The molecule has 0 aromatic carbocycles. The Balaban J connectivity index is 4.71. The van der Waals surface area contributed by atoms with E-state index < -0.39 is 42.3 Å². The third-order valence-corrected chi connectivity index (χ3v) is 4.00. The molecule has 0 fully saturated rings. The number of carbonyl (C=O) groups excluding carboxylic acids is 4. The van der Waals surface area contributed by atoms with E-state index in [0.717, 1.165) is 45.4 Å². The number of esters is 4. The zero-order valence-electron chi connectivity index (χ0n) is 17.3. The van der Waals surface area contributed by atoms with Crippen LogP contribution in [-0.2, 0) is 33.4 Å². The van der Waals surface area contributed by atoms with Crippen molar-refractivity contribution in [3.63, 3.8) is 0 Å². The van der Waals surface area contributed by atoms with Gasteiger partial charge in [-0.1, -0.05) is 52.4 Å². The molecule has 1 atom stereocenters. The van der Waals surface area contributed by atoms with Crippen LogP contribution >= 0.6 is 0 Å². The number of carbonyl (C=O) groups is 4. The highest BCUT2D eigenvalue weighted by molar-refractivity contribution is 5.92. The van der Waals surface area contributed by atoms with Crippen LogP contribution < -0.4 is 0 Å². The molecule has 8 heteroatoms. The maximum atomic E-state index is 12.3. The van der Waals surface area contributed by atoms with Gasteiger partial charge in [-0.25, -0.2) is 4.79 Å². The molecule has 0 saturated heterocycles. The van der Waals surface area contributed by atoms with Crippen molar-refractivity contribution in [2.24, 2.45) is 0 Å². The number of ether oxygens (including phenoxy) is 3. The maximum Gasteiger partial charge on any atom is 0.339 e. The summed E-state index contributed by atoms with van der Waals surface area (Å²) in [5.74, 6) is -3.93. The van der Waals surface area contributed by atoms with Crippen LogP contribution in [0, 0.1) is 0 Å². The van der Waals surface area contributed by atoms with E-state index in [1.165, 1.54) is 0 Å². The van der Waals surface area contributed by atoms with Crippen LogP contribution in [-0.4, -0.2) is 47.8 Å². The lowest BCUT2D eigenvalue weighted by atomic mass is 9.95. The zero-order valence-corrected chi connectivity index (χ0v) is 17.3. The Kier molecular flexibility index (Phi) is 14.0. The van der Waals surface area contributed by atoms with E-state index in [1.54, 1.807) is 0 Å². The zero-order chi connectivity index (χ0) is 21.4. The summed E-state index contributed by atoms with van der Waals surface area (Å²) in [5, 5.41) is 10.6. The molecule has 0 aromatic heterocycles. The fourth-order valence-corrected chi connectivity index (χ4v) is 2.44.